The number of hydrogen-bond donors (Lipinski definition) is 0. The van der Waals surface area contributed by atoms with Crippen molar-refractivity contribution in [2.75, 3.05) is 31.2 Å². The Balaban J connectivity index is 1.52. The molecular formula is C22H21N5OS2. The van der Waals surface area contributed by atoms with E-state index < -0.39 is 0 Å². The molecule has 2 aromatic heterocycles. The summed E-state index contributed by atoms with van der Waals surface area (Å²) < 4.78 is 8.76. The normalized spacial score (nSPS) is 15.5. The van der Waals surface area contributed by atoms with Gasteiger partial charge in [-0.1, -0.05) is 65.1 Å². The quantitative estimate of drug-likeness (QED) is 0.358. The summed E-state index contributed by atoms with van der Waals surface area (Å²) in [6.07, 6.45) is 1.83. The number of hydrogen-bond acceptors (Lipinski definition) is 7. The van der Waals surface area contributed by atoms with Gasteiger partial charge >= 0.3 is 0 Å². The van der Waals surface area contributed by atoms with Gasteiger partial charge in [-0.15, -0.1) is 5.10 Å². The number of nitrogens with zero attached hydrogens (tertiary/aromatic N) is 5. The first kappa shape index (κ1) is 19.2. The summed E-state index contributed by atoms with van der Waals surface area (Å²) >= 11 is 3.29. The highest BCUT2D eigenvalue weighted by molar-refractivity contribution is 7.17. The molecule has 30 heavy (non-hydrogen) atoms. The number of aryl methyl sites for hydroxylation is 1. The van der Waals surface area contributed by atoms with Crippen LogP contribution < -0.4 is 9.70 Å². The van der Waals surface area contributed by atoms with Crippen molar-refractivity contribution in [2.45, 2.75) is 0 Å². The predicted molar refractivity (Wildman–Crippen MR) is 125 cm³/mol. The number of anilines is 1. The molecule has 0 N–H and O–H groups in total. The van der Waals surface area contributed by atoms with Crippen molar-refractivity contribution < 1.29 is 4.74 Å². The Hall–Kier alpha value is -2.81. The summed E-state index contributed by atoms with van der Waals surface area (Å²) in [5, 5.41) is 9.93. The van der Waals surface area contributed by atoms with E-state index in [1.807, 2.05) is 43.6 Å². The Morgan fingerprint density at radius 3 is 2.57 bits per heavy atom. The molecule has 0 amide bonds. The van der Waals surface area contributed by atoms with Crippen LogP contribution in [-0.2, 0) is 11.8 Å². The Kier molecular flexibility index (Phi) is 5.44. The van der Waals surface area contributed by atoms with E-state index in [2.05, 4.69) is 43.9 Å². The van der Waals surface area contributed by atoms with Crippen molar-refractivity contribution in [3.05, 3.63) is 64.3 Å². The van der Waals surface area contributed by atoms with Gasteiger partial charge in [0.25, 0.3) is 0 Å². The number of morpholine rings is 1. The highest BCUT2D eigenvalue weighted by Gasteiger charge is 2.18. The molecule has 0 radical (unpaired) electrons. The van der Waals surface area contributed by atoms with E-state index in [1.165, 1.54) is 4.70 Å². The number of benzene rings is 2. The number of aromatic nitrogens is 2. The lowest BCUT2D eigenvalue weighted by Gasteiger charge is -2.26. The molecule has 0 bridgehead atoms. The minimum absolute atomic E-state index is 0.738. The molecule has 0 unspecified atom stereocenters. The summed E-state index contributed by atoms with van der Waals surface area (Å²) in [6, 6.07) is 18.5. The van der Waals surface area contributed by atoms with Crippen molar-refractivity contribution in [2.24, 2.45) is 17.3 Å². The van der Waals surface area contributed by atoms with Crippen LogP contribution in [0.15, 0.2) is 64.8 Å². The standard InChI is InChI=1S/C22H21N5OS2/c1-26-17-9-5-6-10-18(17)29-22(26)25-23-15-19-20(16-7-3-2-4-8-16)24-21(30-19)27-11-13-28-14-12-27/h2-10,15H,11-14H2,1H3/b23-15?,25-22-. The second-order valence-corrected chi connectivity index (χ2v) is 8.95. The van der Waals surface area contributed by atoms with Gasteiger partial charge in [0.15, 0.2) is 5.13 Å². The van der Waals surface area contributed by atoms with Crippen molar-refractivity contribution in [3.63, 3.8) is 0 Å². The van der Waals surface area contributed by atoms with E-state index in [-0.39, 0.29) is 0 Å². The number of ether oxygens (including phenoxy) is 1. The highest BCUT2D eigenvalue weighted by Crippen LogP contribution is 2.32. The fraction of sp³-hybridized carbons (Fsp3) is 0.227. The molecule has 0 spiro atoms. The molecule has 152 valence electrons. The SMILES string of the molecule is Cn1/c(=N/N=Cc2sc(N3CCOCC3)nc2-c2ccccc2)sc2ccccc21. The van der Waals surface area contributed by atoms with Crippen molar-refractivity contribution in [1.82, 2.24) is 9.55 Å². The van der Waals surface area contributed by atoms with Gasteiger partial charge < -0.3 is 14.2 Å². The molecule has 0 atom stereocenters. The van der Waals surface area contributed by atoms with Crippen LogP contribution in [0, 0.1) is 0 Å². The van der Waals surface area contributed by atoms with E-state index in [4.69, 9.17) is 9.72 Å². The largest absolute Gasteiger partial charge is 0.378 e. The van der Waals surface area contributed by atoms with Crippen molar-refractivity contribution in [3.8, 4) is 11.3 Å². The molecule has 1 fully saturated rings. The molecule has 8 heteroatoms. The number of thiazole rings is 2. The number of fused-ring (bicyclic) bond motifs is 1. The van der Waals surface area contributed by atoms with Crippen LogP contribution >= 0.6 is 22.7 Å². The minimum atomic E-state index is 0.738. The third-order valence-electron chi connectivity index (χ3n) is 5.00. The summed E-state index contributed by atoms with van der Waals surface area (Å²) in [5.41, 5.74) is 3.19. The predicted octanol–water partition coefficient (Wildman–Crippen LogP) is 4.13. The molecule has 3 heterocycles. The molecule has 6 nitrogen and oxygen atoms in total. The molecule has 2 aromatic carbocycles. The monoisotopic (exact) mass is 435 g/mol. The maximum Gasteiger partial charge on any atom is 0.211 e. The van der Waals surface area contributed by atoms with Gasteiger partial charge in [-0.3, -0.25) is 0 Å². The van der Waals surface area contributed by atoms with Crippen LogP contribution in [-0.4, -0.2) is 42.1 Å². The zero-order valence-corrected chi connectivity index (χ0v) is 18.2. The minimum Gasteiger partial charge on any atom is -0.378 e. The lowest BCUT2D eigenvalue weighted by molar-refractivity contribution is 0.122. The third-order valence-corrected chi connectivity index (χ3v) is 7.16. The van der Waals surface area contributed by atoms with Gasteiger partial charge in [0, 0.05) is 25.7 Å². The molecule has 1 aliphatic heterocycles. The van der Waals surface area contributed by atoms with Crippen LogP contribution in [0.3, 0.4) is 0 Å². The summed E-state index contributed by atoms with van der Waals surface area (Å²) in [4.78, 5) is 9.09. The maximum atomic E-state index is 5.49. The van der Waals surface area contributed by atoms with E-state index in [0.717, 1.165) is 57.9 Å². The lowest BCUT2D eigenvalue weighted by Crippen LogP contribution is -2.36. The second kappa shape index (κ2) is 8.51. The zero-order chi connectivity index (χ0) is 20.3. The first-order valence-electron chi connectivity index (χ1n) is 9.80. The smallest absolute Gasteiger partial charge is 0.211 e. The molecule has 1 aliphatic rings. The van der Waals surface area contributed by atoms with E-state index in [9.17, 15) is 0 Å². The van der Waals surface area contributed by atoms with Gasteiger partial charge in [-0.2, -0.15) is 5.10 Å². The zero-order valence-electron chi connectivity index (χ0n) is 16.6. The van der Waals surface area contributed by atoms with Gasteiger partial charge in [0.1, 0.15) is 0 Å². The third kappa shape index (κ3) is 3.81. The van der Waals surface area contributed by atoms with Crippen LogP contribution in [0.4, 0.5) is 5.13 Å². The summed E-state index contributed by atoms with van der Waals surface area (Å²) in [6.45, 7) is 3.20. The highest BCUT2D eigenvalue weighted by atomic mass is 32.1. The maximum absolute atomic E-state index is 5.49. The molecule has 1 saturated heterocycles. The summed E-state index contributed by atoms with van der Waals surface area (Å²) in [7, 11) is 2.02. The van der Waals surface area contributed by atoms with Gasteiger partial charge in [-0.05, 0) is 12.1 Å². The molecule has 4 aromatic rings. The fourth-order valence-electron chi connectivity index (χ4n) is 3.41. The Labute approximate surface area is 182 Å². The Morgan fingerprint density at radius 2 is 1.77 bits per heavy atom. The number of para-hydroxylation sites is 1. The average molecular weight is 436 g/mol. The molecule has 5 rings (SSSR count). The van der Waals surface area contributed by atoms with Crippen LogP contribution in [0.5, 0.6) is 0 Å². The topological polar surface area (TPSA) is 55.0 Å². The van der Waals surface area contributed by atoms with Gasteiger partial charge in [0.05, 0.1) is 40.2 Å². The van der Waals surface area contributed by atoms with Crippen molar-refractivity contribution >= 4 is 44.2 Å². The molecule has 0 saturated carbocycles. The fourth-order valence-corrected chi connectivity index (χ4v) is 5.39. The van der Waals surface area contributed by atoms with E-state index in [0.29, 0.717) is 0 Å². The first-order valence-corrected chi connectivity index (χ1v) is 11.4. The van der Waals surface area contributed by atoms with Crippen LogP contribution in [0.25, 0.3) is 21.5 Å². The Bertz CT molecular complexity index is 1250. The lowest BCUT2D eigenvalue weighted by atomic mass is 10.1. The van der Waals surface area contributed by atoms with Gasteiger partial charge in [0.2, 0.25) is 4.80 Å². The molecule has 0 aliphatic carbocycles. The van der Waals surface area contributed by atoms with Crippen LogP contribution in [0.2, 0.25) is 0 Å². The Morgan fingerprint density at radius 1 is 1.00 bits per heavy atom. The average Bonchev–Trinajstić information content (AvgIpc) is 3.37. The first-order chi connectivity index (χ1) is 14.8. The number of rotatable bonds is 4. The second-order valence-electron chi connectivity index (χ2n) is 6.93. The summed E-state index contributed by atoms with van der Waals surface area (Å²) in [5.74, 6) is 0. The van der Waals surface area contributed by atoms with Crippen molar-refractivity contribution in [1.29, 1.82) is 0 Å². The van der Waals surface area contributed by atoms with E-state index in [1.54, 1.807) is 22.7 Å². The molecular weight excluding hydrogens is 414 g/mol. The van der Waals surface area contributed by atoms with E-state index >= 15 is 0 Å². The van der Waals surface area contributed by atoms with Gasteiger partial charge in [-0.25, -0.2) is 4.98 Å². The van der Waals surface area contributed by atoms with Crippen LogP contribution in [0.1, 0.15) is 4.88 Å².